The molecular formula is C23H27N5O3. The molecule has 1 fully saturated rings. The number of carboxylic acids is 1. The number of hydrogen-bond acceptors (Lipinski definition) is 6. The van der Waals surface area contributed by atoms with Gasteiger partial charge < -0.3 is 20.3 Å². The van der Waals surface area contributed by atoms with Crippen molar-refractivity contribution in [3.63, 3.8) is 0 Å². The highest BCUT2D eigenvalue weighted by molar-refractivity contribution is 5.88. The molecule has 1 aliphatic heterocycles. The van der Waals surface area contributed by atoms with E-state index < -0.39 is 12.0 Å². The van der Waals surface area contributed by atoms with Crippen molar-refractivity contribution in [2.24, 2.45) is 5.92 Å². The van der Waals surface area contributed by atoms with Gasteiger partial charge in [0.15, 0.2) is 5.78 Å². The van der Waals surface area contributed by atoms with Gasteiger partial charge in [-0.05, 0) is 43.4 Å². The summed E-state index contributed by atoms with van der Waals surface area (Å²) in [7, 11) is 0. The van der Waals surface area contributed by atoms with E-state index >= 15 is 0 Å². The average Bonchev–Trinajstić information content (AvgIpc) is 3.26. The minimum atomic E-state index is -0.893. The van der Waals surface area contributed by atoms with E-state index in [1.54, 1.807) is 6.33 Å². The third-order valence-corrected chi connectivity index (χ3v) is 5.79. The third-order valence-electron chi connectivity index (χ3n) is 5.79. The highest BCUT2D eigenvalue weighted by Crippen LogP contribution is 2.29. The van der Waals surface area contributed by atoms with Gasteiger partial charge in [0, 0.05) is 37.8 Å². The first-order valence-corrected chi connectivity index (χ1v) is 10.7. The lowest BCUT2D eigenvalue weighted by Gasteiger charge is -2.34. The number of rotatable bonds is 9. The van der Waals surface area contributed by atoms with E-state index in [0.29, 0.717) is 6.42 Å². The van der Waals surface area contributed by atoms with E-state index in [2.05, 4.69) is 25.2 Å². The fraction of sp³-hybridized carbons (Fsp3) is 0.391. The highest BCUT2D eigenvalue weighted by Gasteiger charge is 2.28. The van der Waals surface area contributed by atoms with E-state index in [1.807, 2.05) is 42.6 Å². The van der Waals surface area contributed by atoms with Gasteiger partial charge in [0.25, 0.3) is 0 Å². The summed E-state index contributed by atoms with van der Waals surface area (Å²) in [5, 5.41) is 13.3. The number of carboxylic acid groups (broad SMARTS) is 1. The maximum Gasteiger partial charge on any atom is 0.303 e. The van der Waals surface area contributed by atoms with E-state index in [-0.39, 0.29) is 24.5 Å². The molecular weight excluding hydrogens is 394 g/mol. The average molecular weight is 422 g/mol. The first-order chi connectivity index (χ1) is 15.1. The van der Waals surface area contributed by atoms with Crippen LogP contribution in [0, 0.1) is 5.92 Å². The van der Waals surface area contributed by atoms with Gasteiger partial charge in [0.1, 0.15) is 17.8 Å². The number of H-pyrrole nitrogens is 1. The number of aromatic nitrogens is 3. The Balaban J connectivity index is 1.43. The van der Waals surface area contributed by atoms with Gasteiger partial charge >= 0.3 is 5.97 Å². The Kier molecular flexibility index (Phi) is 6.45. The number of aliphatic carboxylic acids is 1. The molecule has 0 radical (unpaired) electrons. The zero-order valence-corrected chi connectivity index (χ0v) is 17.3. The van der Waals surface area contributed by atoms with Gasteiger partial charge in [0.05, 0.1) is 11.4 Å². The molecule has 162 valence electrons. The number of carbonyl (C=O) groups is 2. The maximum absolute atomic E-state index is 13.1. The van der Waals surface area contributed by atoms with Crippen LogP contribution in [0.2, 0.25) is 0 Å². The molecule has 0 bridgehead atoms. The van der Waals surface area contributed by atoms with Gasteiger partial charge in [0.2, 0.25) is 0 Å². The molecule has 8 nitrogen and oxygen atoms in total. The summed E-state index contributed by atoms with van der Waals surface area (Å²) in [6.45, 7) is 1.65. The Bertz CT molecular complexity index is 1040. The largest absolute Gasteiger partial charge is 0.481 e. The molecule has 8 heteroatoms. The molecule has 4 rings (SSSR count). The Morgan fingerprint density at radius 1 is 1.23 bits per heavy atom. The van der Waals surface area contributed by atoms with Crippen molar-refractivity contribution in [2.45, 2.75) is 38.1 Å². The molecule has 3 aromatic rings. The van der Waals surface area contributed by atoms with Gasteiger partial charge in [-0.1, -0.05) is 18.2 Å². The van der Waals surface area contributed by atoms with Crippen LogP contribution < -0.4 is 10.2 Å². The lowest BCUT2D eigenvalue weighted by Crippen LogP contribution is -2.39. The standard InChI is InChI=1S/C23H27N5O3/c29-20(19(8-9-21(30)31)27-17-6-2-1-3-7-17)13-16-5-4-12-28(14-16)23-18-10-11-24-22(18)25-15-26-23/h1-3,6-7,10-11,15-16,19,27H,4-5,8-9,12-14H2,(H,30,31)(H,24,25,26)/t16-,19+/m0/s1. The van der Waals surface area contributed by atoms with Crippen LogP contribution in [0.3, 0.4) is 0 Å². The number of piperidine rings is 1. The van der Waals surface area contributed by atoms with E-state index in [9.17, 15) is 9.59 Å². The molecule has 3 N–H and O–H groups in total. The molecule has 0 aliphatic carbocycles. The SMILES string of the molecule is O=C(O)CC[C@@H](Nc1ccccc1)C(=O)C[C@@H]1CCCN(c2ncnc3[nH]ccc23)C1. The highest BCUT2D eigenvalue weighted by atomic mass is 16.4. The van der Waals surface area contributed by atoms with Crippen molar-refractivity contribution in [1.82, 2.24) is 15.0 Å². The summed E-state index contributed by atoms with van der Waals surface area (Å²) in [6, 6.07) is 10.9. The molecule has 0 spiro atoms. The molecule has 0 unspecified atom stereocenters. The molecule has 3 heterocycles. The number of benzene rings is 1. The lowest BCUT2D eigenvalue weighted by atomic mass is 9.89. The number of nitrogens with zero attached hydrogens (tertiary/aromatic N) is 3. The molecule has 0 saturated carbocycles. The molecule has 2 atom stereocenters. The minimum absolute atomic E-state index is 0.0422. The summed E-state index contributed by atoms with van der Waals surface area (Å²) in [4.78, 5) is 38.3. The number of aromatic amines is 1. The monoisotopic (exact) mass is 421 g/mol. The lowest BCUT2D eigenvalue weighted by molar-refractivity contribution is -0.137. The smallest absolute Gasteiger partial charge is 0.303 e. The number of fused-ring (bicyclic) bond motifs is 1. The first-order valence-electron chi connectivity index (χ1n) is 10.7. The first kappa shape index (κ1) is 20.8. The van der Waals surface area contributed by atoms with Crippen molar-refractivity contribution in [2.75, 3.05) is 23.3 Å². The van der Waals surface area contributed by atoms with E-state index in [4.69, 9.17) is 5.11 Å². The van der Waals surface area contributed by atoms with Crippen LogP contribution in [0.25, 0.3) is 11.0 Å². The molecule has 0 amide bonds. The second-order valence-electron chi connectivity index (χ2n) is 8.06. The van der Waals surface area contributed by atoms with Crippen molar-refractivity contribution < 1.29 is 14.7 Å². The van der Waals surface area contributed by atoms with Crippen molar-refractivity contribution in [3.8, 4) is 0 Å². The summed E-state index contributed by atoms with van der Waals surface area (Å²) < 4.78 is 0. The normalized spacial score (nSPS) is 17.4. The zero-order valence-electron chi connectivity index (χ0n) is 17.3. The van der Waals surface area contributed by atoms with E-state index in [1.165, 1.54) is 0 Å². The van der Waals surface area contributed by atoms with Crippen LogP contribution in [0.15, 0.2) is 48.9 Å². The Labute approximate surface area is 180 Å². The van der Waals surface area contributed by atoms with Gasteiger partial charge in [-0.15, -0.1) is 0 Å². The number of carbonyl (C=O) groups excluding carboxylic acids is 1. The molecule has 1 aliphatic rings. The molecule has 31 heavy (non-hydrogen) atoms. The van der Waals surface area contributed by atoms with Crippen molar-refractivity contribution in [1.29, 1.82) is 0 Å². The van der Waals surface area contributed by atoms with Crippen LogP contribution in [0.5, 0.6) is 0 Å². The summed E-state index contributed by atoms with van der Waals surface area (Å²) >= 11 is 0. The van der Waals surface area contributed by atoms with Crippen molar-refractivity contribution in [3.05, 3.63) is 48.9 Å². The fourth-order valence-electron chi connectivity index (χ4n) is 4.28. The van der Waals surface area contributed by atoms with Crippen LogP contribution >= 0.6 is 0 Å². The predicted octanol–water partition coefficient (Wildman–Crippen LogP) is 3.48. The van der Waals surface area contributed by atoms with Crippen molar-refractivity contribution >= 4 is 34.3 Å². The summed E-state index contributed by atoms with van der Waals surface area (Å²) in [6.07, 6.45) is 6.03. The second kappa shape index (κ2) is 9.59. The quantitative estimate of drug-likeness (QED) is 0.485. The van der Waals surface area contributed by atoms with Gasteiger partial charge in [-0.3, -0.25) is 9.59 Å². The van der Waals surface area contributed by atoms with Crippen LogP contribution in [-0.4, -0.2) is 50.9 Å². The van der Waals surface area contributed by atoms with Crippen LogP contribution in [-0.2, 0) is 9.59 Å². The fourth-order valence-corrected chi connectivity index (χ4v) is 4.28. The summed E-state index contributed by atoms with van der Waals surface area (Å²) in [5.74, 6) is 0.269. The van der Waals surface area contributed by atoms with Crippen LogP contribution in [0.4, 0.5) is 11.5 Å². The maximum atomic E-state index is 13.1. The Hall–Kier alpha value is -3.42. The number of para-hydroxylation sites is 1. The van der Waals surface area contributed by atoms with E-state index in [0.717, 1.165) is 48.5 Å². The van der Waals surface area contributed by atoms with Gasteiger partial charge in [-0.2, -0.15) is 0 Å². The minimum Gasteiger partial charge on any atom is -0.481 e. The number of anilines is 2. The topological polar surface area (TPSA) is 111 Å². The molecule has 2 aromatic heterocycles. The molecule has 1 aromatic carbocycles. The Morgan fingerprint density at radius 3 is 2.87 bits per heavy atom. The number of nitrogens with one attached hydrogen (secondary N) is 2. The van der Waals surface area contributed by atoms with Crippen LogP contribution in [0.1, 0.15) is 32.1 Å². The molecule has 1 saturated heterocycles. The predicted molar refractivity (Wildman–Crippen MR) is 119 cm³/mol. The number of ketones is 1. The number of hydrogen-bond donors (Lipinski definition) is 3. The second-order valence-corrected chi connectivity index (χ2v) is 8.06. The Morgan fingerprint density at radius 2 is 2.06 bits per heavy atom. The summed E-state index contributed by atoms with van der Waals surface area (Å²) in [5.41, 5.74) is 1.64. The zero-order chi connectivity index (χ0) is 21.6. The van der Waals surface area contributed by atoms with Gasteiger partial charge in [-0.25, -0.2) is 9.97 Å². The third kappa shape index (κ3) is 5.20. The number of Topliss-reactive ketones (excluding diaryl/α,β-unsaturated/α-hetero) is 1.